The zero-order valence-electron chi connectivity index (χ0n) is 9.89. The van der Waals surface area contributed by atoms with Crippen molar-refractivity contribution < 1.29 is 18.4 Å². The van der Waals surface area contributed by atoms with E-state index >= 15 is 0 Å². The Hall–Kier alpha value is -2.50. The summed E-state index contributed by atoms with van der Waals surface area (Å²) in [4.78, 5) is 9.84. The van der Waals surface area contributed by atoms with E-state index in [1.54, 1.807) is 13.0 Å². The molecule has 0 saturated carbocycles. The van der Waals surface area contributed by atoms with Gasteiger partial charge in [-0.25, -0.2) is 8.78 Å². The minimum absolute atomic E-state index is 0.111. The second-order valence-corrected chi connectivity index (χ2v) is 3.94. The summed E-state index contributed by atoms with van der Waals surface area (Å²) in [7, 11) is 0. The Labute approximate surface area is 107 Å². The van der Waals surface area contributed by atoms with Crippen LogP contribution in [-0.4, -0.2) is 4.92 Å². The van der Waals surface area contributed by atoms with Crippen molar-refractivity contribution in [2.24, 2.45) is 0 Å². The quantitative estimate of drug-likeness (QED) is 0.623. The average Bonchev–Trinajstić information content (AvgIpc) is 2.33. The molecule has 0 spiro atoms. The number of hydrogen-bond donors (Lipinski definition) is 0. The Morgan fingerprint density at radius 1 is 1.16 bits per heavy atom. The van der Waals surface area contributed by atoms with Crippen LogP contribution in [0, 0.1) is 28.7 Å². The van der Waals surface area contributed by atoms with Gasteiger partial charge < -0.3 is 4.74 Å². The zero-order valence-corrected chi connectivity index (χ0v) is 9.89. The third-order valence-electron chi connectivity index (χ3n) is 2.38. The zero-order chi connectivity index (χ0) is 14.0. The van der Waals surface area contributed by atoms with E-state index in [2.05, 4.69) is 0 Å². The van der Waals surface area contributed by atoms with E-state index in [-0.39, 0.29) is 11.5 Å². The first-order chi connectivity index (χ1) is 8.95. The molecule has 4 nitrogen and oxygen atoms in total. The number of nitrogens with zero attached hydrogens (tertiary/aromatic N) is 1. The molecule has 0 saturated heterocycles. The molecule has 2 aromatic rings. The van der Waals surface area contributed by atoms with E-state index in [4.69, 9.17) is 4.74 Å². The van der Waals surface area contributed by atoms with E-state index in [9.17, 15) is 18.9 Å². The summed E-state index contributed by atoms with van der Waals surface area (Å²) in [5.74, 6) is -1.69. The van der Waals surface area contributed by atoms with Gasteiger partial charge in [-0.2, -0.15) is 0 Å². The molecule has 19 heavy (non-hydrogen) atoms. The minimum atomic E-state index is -0.822. The minimum Gasteiger partial charge on any atom is -0.454 e. The van der Waals surface area contributed by atoms with Gasteiger partial charge in [0.25, 0.3) is 5.69 Å². The molecule has 0 radical (unpaired) electrons. The van der Waals surface area contributed by atoms with Crippen molar-refractivity contribution >= 4 is 5.69 Å². The smallest absolute Gasteiger partial charge is 0.276 e. The second-order valence-electron chi connectivity index (χ2n) is 3.94. The monoisotopic (exact) mass is 265 g/mol. The van der Waals surface area contributed by atoms with E-state index in [1.807, 2.05) is 0 Å². The molecule has 0 fully saturated rings. The number of nitro groups is 1. The lowest BCUT2D eigenvalue weighted by molar-refractivity contribution is -0.385. The number of non-ortho nitro benzene ring substituents is 1. The fourth-order valence-electron chi connectivity index (χ4n) is 1.53. The largest absolute Gasteiger partial charge is 0.454 e. The van der Waals surface area contributed by atoms with Gasteiger partial charge in [-0.15, -0.1) is 0 Å². The molecule has 0 aliphatic carbocycles. The Morgan fingerprint density at radius 3 is 2.58 bits per heavy atom. The lowest BCUT2D eigenvalue weighted by Gasteiger charge is -2.07. The highest BCUT2D eigenvalue weighted by Crippen LogP contribution is 2.29. The van der Waals surface area contributed by atoms with Crippen LogP contribution < -0.4 is 4.74 Å². The van der Waals surface area contributed by atoms with Crippen LogP contribution in [0.1, 0.15) is 5.56 Å². The summed E-state index contributed by atoms with van der Waals surface area (Å²) in [5.41, 5.74) is 0.297. The molecule has 98 valence electrons. The third kappa shape index (κ3) is 3.04. The van der Waals surface area contributed by atoms with Crippen molar-refractivity contribution in [1.82, 2.24) is 0 Å². The van der Waals surface area contributed by atoms with Crippen molar-refractivity contribution in [3.8, 4) is 11.5 Å². The molecule has 0 N–H and O–H groups in total. The molecule has 0 atom stereocenters. The molecule has 0 amide bonds. The van der Waals surface area contributed by atoms with Crippen LogP contribution in [0.2, 0.25) is 0 Å². The molecule has 0 heterocycles. The maximum Gasteiger partial charge on any atom is 0.276 e. The van der Waals surface area contributed by atoms with Gasteiger partial charge in [0.2, 0.25) is 0 Å². The molecule has 2 rings (SSSR count). The molecule has 0 aliphatic rings. The van der Waals surface area contributed by atoms with Crippen molar-refractivity contribution in [2.75, 3.05) is 0 Å². The molecular weight excluding hydrogens is 256 g/mol. The average molecular weight is 265 g/mol. The normalized spacial score (nSPS) is 10.3. The first kappa shape index (κ1) is 12.9. The molecule has 0 aliphatic heterocycles. The van der Waals surface area contributed by atoms with Crippen molar-refractivity contribution in [3.05, 3.63) is 63.7 Å². The topological polar surface area (TPSA) is 52.4 Å². The Balaban J connectivity index is 2.38. The maximum atomic E-state index is 13.5. The van der Waals surface area contributed by atoms with Crippen LogP contribution in [-0.2, 0) is 0 Å². The summed E-state index contributed by atoms with van der Waals surface area (Å²) in [6.45, 7) is 1.74. The Bertz CT molecular complexity index is 644. The summed E-state index contributed by atoms with van der Waals surface area (Å²) in [5, 5.41) is 10.6. The number of hydrogen-bond acceptors (Lipinski definition) is 3. The highest BCUT2D eigenvalue weighted by Gasteiger charge is 2.12. The van der Waals surface area contributed by atoms with Gasteiger partial charge in [-0.05, 0) is 24.6 Å². The highest BCUT2D eigenvalue weighted by molar-refractivity contribution is 5.42. The van der Waals surface area contributed by atoms with E-state index < -0.39 is 22.2 Å². The molecule has 0 aromatic heterocycles. The number of rotatable bonds is 3. The molecule has 0 unspecified atom stereocenters. The van der Waals surface area contributed by atoms with Crippen LogP contribution in [0.4, 0.5) is 14.5 Å². The SMILES string of the molecule is Cc1ccc(F)c(Oc2cc(F)cc([N+](=O)[O-])c2)c1. The fraction of sp³-hybridized carbons (Fsp3) is 0.0769. The number of nitro benzene ring substituents is 1. The lowest BCUT2D eigenvalue weighted by Crippen LogP contribution is -1.93. The van der Waals surface area contributed by atoms with Crippen LogP contribution in [0.3, 0.4) is 0 Å². The van der Waals surface area contributed by atoms with Crippen LogP contribution in [0.5, 0.6) is 11.5 Å². The van der Waals surface area contributed by atoms with Gasteiger partial charge in [-0.3, -0.25) is 10.1 Å². The summed E-state index contributed by atoms with van der Waals surface area (Å²) < 4.78 is 31.8. The van der Waals surface area contributed by atoms with E-state index in [0.717, 1.165) is 23.8 Å². The number of aryl methyl sites for hydroxylation is 1. The molecular formula is C13H9F2NO3. The first-order valence-electron chi connectivity index (χ1n) is 5.35. The van der Waals surface area contributed by atoms with Crippen LogP contribution in [0.25, 0.3) is 0 Å². The second kappa shape index (κ2) is 5.01. The Kier molecular flexibility index (Phi) is 3.41. The summed E-state index contributed by atoms with van der Waals surface area (Å²) >= 11 is 0. The lowest BCUT2D eigenvalue weighted by atomic mass is 10.2. The number of ether oxygens (including phenoxy) is 1. The van der Waals surface area contributed by atoms with Crippen molar-refractivity contribution in [3.63, 3.8) is 0 Å². The predicted octanol–water partition coefficient (Wildman–Crippen LogP) is 3.97. The third-order valence-corrected chi connectivity index (χ3v) is 2.38. The fourth-order valence-corrected chi connectivity index (χ4v) is 1.53. The molecule has 6 heteroatoms. The Morgan fingerprint density at radius 2 is 1.89 bits per heavy atom. The summed E-state index contributed by atoms with van der Waals surface area (Å²) in [6, 6.07) is 6.93. The van der Waals surface area contributed by atoms with Gasteiger partial charge in [0, 0.05) is 6.07 Å². The van der Waals surface area contributed by atoms with Crippen LogP contribution >= 0.6 is 0 Å². The number of benzene rings is 2. The van der Waals surface area contributed by atoms with Gasteiger partial charge in [0.15, 0.2) is 11.6 Å². The maximum absolute atomic E-state index is 13.5. The van der Waals surface area contributed by atoms with Gasteiger partial charge in [0.1, 0.15) is 11.6 Å². The summed E-state index contributed by atoms with van der Waals surface area (Å²) in [6.07, 6.45) is 0. The van der Waals surface area contributed by atoms with Crippen LogP contribution in [0.15, 0.2) is 36.4 Å². The standard InChI is InChI=1S/C13H9F2NO3/c1-8-2-3-12(15)13(4-8)19-11-6-9(14)5-10(7-11)16(17)18/h2-7H,1H3. The molecule has 2 aromatic carbocycles. The highest BCUT2D eigenvalue weighted by atomic mass is 19.1. The predicted molar refractivity (Wildman–Crippen MR) is 64.3 cm³/mol. The van der Waals surface area contributed by atoms with Gasteiger partial charge in [-0.1, -0.05) is 6.07 Å². The van der Waals surface area contributed by atoms with Gasteiger partial charge >= 0.3 is 0 Å². The van der Waals surface area contributed by atoms with Gasteiger partial charge in [0.05, 0.1) is 17.1 Å². The van der Waals surface area contributed by atoms with Crippen molar-refractivity contribution in [1.29, 1.82) is 0 Å². The first-order valence-corrected chi connectivity index (χ1v) is 5.35. The number of halogens is 2. The van der Waals surface area contributed by atoms with E-state index in [1.165, 1.54) is 12.1 Å². The van der Waals surface area contributed by atoms with Crippen molar-refractivity contribution in [2.45, 2.75) is 6.92 Å². The van der Waals surface area contributed by atoms with E-state index in [0.29, 0.717) is 0 Å². The molecule has 0 bridgehead atoms.